The van der Waals surface area contributed by atoms with Crippen molar-refractivity contribution in [3.8, 4) is 0 Å². The summed E-state index contributed by atoms with van der Waals surface area (Å²) in [4.78, 5) is 47.3. The Morgan fingerprint density at radius 3 is 2.27 bits per heavy atom. The highest BCUT2D eigenvalue weighted by molar-refractivity contribution is 6.01. The molecule has 2 N–H and O–H groups in total. The average molecular weight is 216 g/mol. The quantitative estimate of drug-likeness (QED) is 0.585. The molecule has 15 heavy (non-hydrogen) atoms. The third-order valence-corrected chi connectivity index (χ3v) is 1.53. The fourth-order valence-corrected chi connectivity index (χ4v) is 0.916. The van der Waals surface area contributed by atoms with Crippen LogP contribution in [0, 0.1) is 0 Å². The summed E-state index contributed by atoms with van der Waals surface area (Å²) in [6.45, 7) is -0.744. The van der Waals surface area contributed by atoms with Gasteiger partial charge in [0.05, 0.1) is 0 Å². The number of ether oxygens (including phenoxy) is 1. The van der Waals surface area contributed by atoms with Gasteiger partial charge in [0.1, 0.15) is 0 Å². The van der Waals surface area contributed by atoms with Crippen LogP contribution in [0.1, 0.15) is 12.8 Å². The van der Waals surface area contributed by atoms with Gasteiger partial charge in [0.2, 0.25) is 0 Å². The van der Waals surface area contributed by atoms with E-state index in [9.17, 15) is 19.2 Å². The van der Waals surface area contributed by atoms with Crippen molar-refractivity contribution >= 4 is 23.9 Å². The maximum atomic E-state index is 11.0. The largest absolute Gasteiger partial charge is 0.438 e. The lowest BCUT2D eigenvalue weighted by molar-refractivity contribution is -0.199. The summed E-state index contributed by atoms with van der Waals surface area (Å²) in [6.07, 6.45) is -1.14. The Morgan fingerprint density at radius 1 is 1.27 bits per heavy atom. The Hall–Kier alpha value is -2.12. The van der Waals surface area contributed by atoms with Gasteiger partial charge in [-0.1, -0.05) is 0 Å². The molecule has 1 fully saturated rings. The summed E-state index contributed by atoms with van der Waals surface area (Å²) in [5.74, 6) is -2.25. The van der Waals surface area contributed by atoms with Gasteiger partial charge < -0.3 is 15.3 Å². The first-order chi connectivity index (χ1) is 7.00. The van der Waals surface area contributed by atoms with Gasteiger partial charge in [-0.3, -0.25) is 9.59 Å². The Bertz CT molecular complexity index is 309. The molecule has 0 radical (unpaired) electrons. The van der Waals surface area contributed by atoms with Crippen LogP contribution in [-0.4, -0.2) is 35.5 Å². The fourth-order valence-electron chi connectivity index (χ4n) is 0.916. The van der Waals surface area contributed by atoms with Crippen LogP contribution < -0.4 is 5.73 Å². The molecule has 1 saturated heterocycles. The second-order valence-corrected chi connectivity index (χ2v) is 2.65. The van der Waals surface area contributed by atoms with Crippen molar-refractivity contribution in [3.05, 3.63) is 0 Å². The van der Waals surface area contributed by atoms with Crippen LogP contribution in [-0.2, 0) is 24.0 Å². The topological polar surface area (TPSA) is 116 Å². The van der Waals surface area contributed by atoms with Gasteiger partial charge in [0, 0.05) is 12.8 Å². The molecular formula is C7H8N2O6. The highest BCUT2D eigenvalue weighted by Crippen LogP contribution is 2.11. The van der Waals surface area contributed by atoms with E-state index in [4.69, 9.17) is 0 Å². The van der Waals surface area contributed by atoms with Crippen LogP contribution in [0.15, 0.2) is 0 Å². The average Bonchev–Trinajstić information content (AvgIpc) is 2.46. The lowest BCUT2D eigenvalue weighted by Gasteiger charge is -2.11. The zero-order chi connectivity index (χ0) is 11.4. The van der Waals surface area contributed by atoms with Gasteiger partial charge in [-0.15, -0.1) is 5.06 Å². The van der Waals surface area contributed by atoms with Crippen molar-refractivity contribution in [2.75, 3.05) is 6.61 Å². The van der Waals surface area contributed by atoms with E-state index in [0.717, 1.165) is 0 Å². The van der Waals surface area contributed by atoms with Crippen molar-refractivity contribution in [1.82, 2.24) is 5.06 Å². The first-order valence-electron chi connectivity index (χ1n) is 3.99. The molecular weight excluding hydrogens is 208 g/mol. The maximum Gasteiger partial charge on any atom is 0.405 e. The predicted octanol–water partition coefficient (Wildman–Crippen LogP) is -1.31. The second kappa shape index (κ2) is 4.40. The minimum Gasteiger partial charge on any atom is -0.438 e. The molecule has 8 nitrogen and oxygen atoms in total. The first kappa shape index (κ1) is 11.0. The molecule has 0 atom stereocenters. The SMILES string of the molecule is NC(=O)OCC(=O)ON1C(=O)CCC1=O. The summed E-state index contributed by atoms with van der Waals surface area (Å²) in [6, 6.07) is 0. The predicted molar refractivity (Wildman–Crippen MR) is 42.7 cm³/mol. The van der Waals surface area contributed by atoms with Gasteiger partial charge in [0.15, 0.2) is 6.61 Å². The lowest BCUT2D eigenvalue weighted by Crippen LogP contribution is -2.34. The number of rotatable bonds is 3. The summed E-state index contributed by atoms with van der Waals surface area (Å²) >= 11 is 0. The number of nitrogens with zero attached hydrogens (tertiary/aromatic N) is 1. The Balaban J connectivity index is 2.40. The molecule has 0 aliphatic carbocycles. The summed E-state index contributed by atoms with van der Waals surface area (Å²) < 4.78 is 4.10. The Morgan fingerprint density at radius 2 is 1.80 bits per heavy atom. The minimum absolute atomic E-state index is 0.00277. The fraction of sp³-hybridized carbons (Fsp3) is 0.429. The molecule has 8 heteroatoms. The van der Waals surface area contributed by atoms with Gasteiger partial charge >= 0.3 is 12.1 Å². The lowest BCUT2D eigenvalue weighted by atomic mass is 10.4. The van der Waals surface area contributed by atoms with E-state index < -0.39 is 30.5 Å². The van der Waals surface area contributed by atoms with Crippen molar-refractivity contribution in [3.63, 3.8) is 0 Å². The molecule has 0 bridgehead atoms. The van der Waals surface area contributed by atoms with Crippen LogP contribution in [0.5, 0.6) is 0 Å². The molecule has 1 aliphatic heterocycles. The van der Waals surface area contributed by atoms with Crippen molar-refractivity contribution in [2.45, 2.75) is 12.8 Å². The van der Waals surface area contributed by atoms with Crippen LogP contribution in [0.3, 0.4) is 0 Å². The minimum atomic E-state index is -1.15. The van der Waals surface area contributed by atoms with E-state index >= 15 is 0 Å². The van der Waals surface area contributed by atoms with Crippen LogP contribution in [0.25, 0.3) is 0 Å². The van der Waals surface area contributed by atoms with E-state index in [1.54, 1.807) is 0 Å². The van der Waals surface area contributed by atoms with E-state index in [2.05, 4.69) is 15.3 Å². The number of nitrogens with two attached hydrogens (primary N) is 1. The molecule has 3 amide bonds. The first-order valence-corrected chi connectivity index (χ1v) is 3.99. The molecule has 0 aromatic rings. The molecule has 0 unspecified atom stereocenters. The summed E-state index contributed by atoms with van der Waals surface area (Å²) in [5.41, 5.74) is 4.59. The number of hydroxylamine groups is 2. The summed E-state index contributed by atoms with van der Waals surface area (Å²) in [5, 5.41) is 0.354. The van der Waals surface area contributed by atoms with E-state index in [1.165, 1.54) is 0 Å². The van der Waals surface area contributed by atoms with E-state index in [0.29, 0.717) is 5.06 Å². The third kappa shape index (κ3) is 2.93. The maximum absolute atomic E-state index is 11.0. The number of hydrogen-bond donors (Lipinski definition) is 1. The molecule has 0 saturated carbocycles. The zero-order valence-electron chi connectivity index (χ0n) is 7.60. The van der Waals surface area contributed by atoms with Gasteiger partial charge in [-0.05, 0) is 0 Å². The normalized spacial score (nSPS) is 15.3. The second-order valence-electron chi connectivity index (χ2n) is 2.65. The van der Waals surface area contributed by atoms with Crippen molar-refractivity contribution in [1.29, 1.82) is 0 Å². The number of carbonyl (C=O) groups excluding carboxylic acids is 4. The molecule has 82 valence electrons. The molecule has 1 heterocycles. The number of carbonyl (C=O) groups is 4. The molecule has 1 rings (SSSR count). The molecule has 1 aliphatic rings. The van der Waals surface area contributed by atoms with Crippen LogP contribution in [0.2, 0.25) is 0 Å². The number of amides is 3. The highest BCUT2D eigenvalue weighted by atomic mass is 16.7. The Kier molecular flexibility index (Phi) is 3.21. The Labute approximate surface area is 83.9 Å². The molecule has 0 aromatic carbocycles. The number of primary amides is 1. The summed E-state index contributed by atoms with van der Waals surface area (Å²) in [7, 11) is 0. The van der Waals surface area contributed by atoms with Crippen molar-refractivity contribution in [2.24, 2.45) is 5.73 Å². The smallest absolute Gasteiger partial charge is 0.405 e. The third-order valence-electron chi connectivity index (χ3n) is 1.53. The molecule has 0 aromatic heterocycles. The van der Waals surface area contributed by atoms with Gasteiger partial charge in [-0.2, -0.15) is 0 Å². The van der Waals surface area contributed by atoms with Crippen LogP contribution in [0.4, 0.5) is 4.79 Å². The van der Waals surface area contributed by atoms with E-state index in [-0.39, 0.29) is 12.8 Å². The monoisotopic (exact) mass is 216 g/mol. The van der Waals surface area contributed by atoms with Gasteiger partial charge in [0.25, 0.3) is 11.8 Å². The number of hydrogen-bond acceptors (Lipinski definition) is 6. The van der Waals surface area contributed by atoms with E-state index in [1.807, 2.05) is 0 Å². The standard InChI is InChI=1S/C7H8N2O6/c8-7(13)14-3-6(12)15-9-4(10)1-2-5(9)11/h1-3H2,(H2,8,13). The number of imide groups is 1. The van der Waals surface area contributed by atoms with Crippen molar-refractivity contribution < 1.29 is 28.8 Å². The zero-order valence-corrected chi connectivity index (χ0v) is 7.60. The van der Waals surface area contributed by atoms with Crippen LogP contribution >= 0.6 is 0 Å². The molecule has 0 spiro atoms. The highest BCUT2D eigenvalue weighted by Gasteiger charge is 2.32. The van der Waals surface area contributed by atoms with Gasteiger partial charge in [-0.25, -0.2) is 9.59 Å².